The summed E-state index contributed by atoms with van der Waals surface area (Å²) in [6, 6.07) is 8.11. The van der Waals surface area contributed by atoms with E-state index in [0.29, 0.717) is 5.82 Å². The molecule has 5 rings (SSSR count). The molecular weight excluding hydrogens is 334 g/mol. The summed E-state index contributed by atoms with van der Waals surface area (Å²) in [6.45, 7) is 2.00. The lowest BCUT2D eigenvalue weighted by atomic mass is 9.96. The molecule has 0 amide bonds. The maximum absolute atomic E-state index is 4.78. The van der Waals surface area contributed by atoms with Crippen LogP contribution in [0.4, 0.5) is 0 Å². The van der Waals surface area contributed by atoms with E-state index in [1.54, 1.807) is 14.7 Å². The normalized spacial score (nSPS) is 11.6. The summed E-state index contributed by atoms with van der Waals surface area (Å²) in [4.78, 5) is 5.55. The Morgan fingerprint density at radius 1 is 1.04 bits per heavy atom. The maximum Gasteiger partial charge on any atom is 0.234 e. The van der Waals surface area contributed by atoms with Crippen LogP contribution < -0.4 is 0 Å². The number of rotatable bonds is 2. The Labute approximate surface area is 146 Å². The van der Waals surface area contributed by atoms with Crippen molar-refractivity contribution in [1.29, 1.82) is 0 Å². The van der Waals surface area contributed by atoms with Gasteiger partial charge in [-0.25, -0.2) is 0 Å². The number of para-hydroxylation sites is 1. The Hall–Kier alpha value is -3.13. The van der Waals surface area contributed by atoms with E-state index in [0.717, 1.165) is 38.2 Å². The van der Waals surface area contributed by atoms with Gasteiger partial charge in [-0.1, -0.05) is 29.5 Å². The zero-order valence-electron chi connectivity index (χ0n) is 13.6. The average molecular weight is 347 g/mol. The summed E-state index contributed by atoms with van der Waals surface area (Å²) in [6.07, 6.45) is 3.87. The van der Waals surface area contributed by atoms with E-state index < -0.39 is 0 Å². The van der Waals surface area contributed by atoms with Gasteiger partial charge >= 0.3 is 0 Å². The van der Waals surface area contributed by atoms with Crippen molar-refractivity contribution >= 4 is 27.2 Å². The molecule has 25 heavy (non-hydrogen) atoms. The van der Waals surface area contributed by atoms with Gasteiger partial charge in [0.05, 0.1) is 17.3 Å². The molecule has 4 aromatic heterocycles. The van der Waals surface area contributed by atoms with Crippen molar-refractivity contribution in [3.8, 4) is 22.5 Å². The minimum absolute atomic E-state index is 0.700. The smallest absolute Gasteiger partial charge is 0.234 e. The van der Waals surface area contributed by atoms with Crippen LogP contribution in [0, 0.1) is 6.92 Å². The van der Waals surface area contributed by atoms with E-state index >= 15 is 0 Å². The minimum atomic E-state index is 0.700. The quantitative estimate of drug-likeness (QED) is 0.490. The van der Waals surface area contributed by atoms with Crippen LogP contribution in [-0.2, 0) is 7.05 Å². The number of benzene rings is 1. The number of nitrogens with zero attached hydrogens (tertiary/aromatic N) is 7. The molecule has 0 radical (unpaired) electrons. The topological polar surface area (TPSA) is 73.8 Å². The second kappa shape index (κ2) is 5.18. The molecule has 1 aromatic carbocycles. The van der Waals surface area contributed by atoms with Crippen molar-refractivity contribution in [3.63, 3.8) is 0 Å². The molecule has 0 fully saturated rings. The summed E-state index contributed by atoms with van der Waals surface area (Å²) in [5.41, 5.74) is 6.61. The first-order valence-electron chi connectivity index (χ1n) is 7.76. The fraction of sp³-hybridized carbons (Fsp3) is 0.118. The van der Waals surface area contributed by atoms with Gasteiger partial charge in [0.25, 0.3) is 0 Å². The van der Waals surface area contributed by atoms with Crippen LogP contribution in [0.2, 0.25) is 0 Å². The molecule has 5 aromatic rings. The second-order valence-corrected chi connectivity index (χ2v) is 6.64. The van der Waals surface area contributed by atoms with Gasteiger partial charge in [-0.2, -0.15) is 14.7 Å². The summed E-state index contributed by atoms with van der Waals surface area (Å²) in [7, 11) is 1.91. The third-order valence-corrected chi connectivity index (χ3v) is 4.89. The predicted octanol–water partition coefficient (Wildman–Crippen LogP) is 3.11. The SMILES string of the molecule is Cc1nc2ccccc2c(-c2cnn(C)c2)c1-c1nnc2scnn12. The van der Waals surface area contributed by atoms with Crippen molar-refractivity contribution in [3.05, 3.63) is 47.9 Å². The van der Waals surface area contributed by atoms with Gasteiger partial charge in [-0.3, -0.25) is 9.67 Å². The van der Waals surface area contributed by atoms with Gasteiger partial charge in [0, 0.05) is 35.5 Å². The molecule has 0 aliphatic heterocycles. The fourth-order valence-electron chi connectivity index (χ4n) is 3.18. The third kappa shape index (κ3) is 2.07. The minimum Gasteiger partial charge on any atom is -0.275 e. The number of aromatic nitrogens is 7. The van der Waals surface area contributed by atoms with Crippen molar-refractivity contribution in [2.24, 2.45) is 7.05 Å². The van der Waals surface area contributed by atoms with E-state index in [4.69, 9.17) is 4.98 Å². The highest BCUT2D eigenvalue weighted by molar-refractivity contribution is 7.14. The Kier molecular flexibility index (Phi) is 2.95. The maximum atomic E-state index is 4.78. The molecule has 0 saturated carbocycles. The molecule has 0 bridgehead atoms. The summed E-state index contributed by atoms with van der Waals surface area (Å²) in [5, 5.41) is 18.4. The highest BCUT2D eigenvalue weighted by Gasteiger charge is 2.22. The largest absolute Gasteiger partial charge is 0.275 e. The van der Waals surface area contributed by atoms with Gasteiger partial charge in [-0.15, -0.1) is 10.2 Å². The molecule has 4 heterocycles. The van der Waals surface area contributed by atoms with Crippen LogP contribution in [0.1, 0.15) is 5.69 Å². The molecule has 0 aliphatic carbocycles. The van der Waals surface area contributed by atoms with E-state index in [9.17, 15) is 0 Å². The Morgan fingerprint density at radius 3 is 2.76 bits per heavy atom. The molecule has 0 spiro atoms. The second-order valence-electron chi connectivity index (χ2n) is 5.82. The highest BCUT2D eigenvalue weighted by Crippen LogP contribution is 2.38. The monoisotopic (exact) mass is 347 g/mol. The highest BCUT2D eigenvalue weighted by atomic mass is 32.1. The molecule has 8 heteroatoms. The molecular formula is C17H13N7S. The first kappa shape index (κ1) is 14.2. The van der Waals surface area contributed by atoms with Crippen molar-refractivity contribution < 1.29 is 0 Å². The van der Waals surface area contributed by atoms with E-state index in [2.05, 4.69) is 26.5 Å². The van der Waals surface area contributed by atoms with Crippen molar-refractivity contribution in [1.82, 2.24) is 34.6 Å². The van der Waals surface area contributed by atoms with Crippen LogP contribution in [-0.4, -0.2) is 34.6 Å². The van der Waals surface area contributed by atoms with E-state index in [1.165, 1.54) is 11.3 Å². The lowest BCUT2D eigenvalue weighted by molar-refractivity contribution is 0.768. The van der Waals surface area contributed by atoms with Gasteiger partial charge in [0.2, 0.25) is 4.96 Å². The number of hydrogen-bond acceptors (Lipinski definition) is 6. The first-order chi connectivity index (χ1) is 12.2. The molecule has 7 nitrogen and oxygen atoms in total. The van der Waals surface area contributed by atoms with Gasteiger partial charge in [0.15, 0.2) is 5.82 Å². The van der Waals surface area contributed by atoms with Crippen molar-refractivity contribution in [2.75, 3.05) is 0 Å². The van der Waals surface area contributed by atoms with Crippen molar-refractivity contribution in [2.45, 2.75) is 6.92 Å². The summed E-state index contributed by atoms with van der Waals surface area (Å²) in [5.74, 6) is 0.700. The van der Waals surface area contributed by atoms with E-state index in [1.807, 2.05) is 44.6 Å². The molecule has 0 aliphatic rings. The van der Waals surface area contributed by atoms with Gasteiger partial charge in [0.1, 0.15) is 5.51 Å². The zero-order valence-corrected chi connectivity index (χ0v) is 14.4. The first-order valence-corrected chi connectivity index (χ1v) is 8.64. The average Bonchev–Trinajstić information content (AvgIpc) is 3.31. The van der Waals surface area contributed by atoms with Crippen LogP contribution in [0.5, 0.6) is 0 Å². The molecule has 0 N–H and O–H groups in total. The molecule has 0 unspecified atom stereocenters. The van der Waals surface area contributed by atoms with Gasteiger partial charge < -0.3 is 0 Å². The van der Waals surface area contributed by atoms with Gasteiger partial charge in [-0.05, 0) is 13.0 Å². The number of hydrogen-bond donors (Lipinski definition) is 0. The number of fused-ring (bicyclic) bond motifs is 2. The van der Waals surface area contributed by atoms with E-state index in [-0.39, 0.29) is 0 Å². The fourth-order valence-corrected chi connectivity index (χ4v) is 3.73. The summed E-state index contributed by atoms with van der Waals surface area (Å²) < 4.78 is 3.56. The lowest BCUT2D eigenvalue weighted by Gasteiger charge is -2.12. The third-order valence-electron chi connectivity index (χ3n) is 4.22. The van der Waals surface area contributed by atoms with Crippen LogP contribution >= 0.6 is 11.3 Å². The zero-order chi connectivity index (χ0) is 17.0. The summed E-state index contributed by atoms with van der Waals surface area (Å²) >= 11 is 1.46. The van der Waals surface area contributed by atoms with Crippen LogP contribution in [0.25, 0.3) is 38.4 Å². The lowest BCUT2D eigenvalue weighted by Crippen LogP contribution is -1.99. The molecule has 0 saturated heterocycles. The van der Waals surface area contributed by atoms with Crippen LogP contribution in [0.3, 0.4) is 0 Å². The molecule has 0 atom stereocenters. The number of pyridine rings is 1. The number of aryl methyl sites for hydroxylation is 2. The Morgan fingerprint density at radius 2 is 1.92 bits per heavy atom. The Balaban J connectivity index is 1.95. The predicted molar refractivity (Wildman–Crippen MR) is 96.3 cm³/mol. The standard InChI is InChI=1S/C17H13N7S/c1-10-14(16-21-22-17-24(16)19-9-25-17)15(11-7-18-23(2)8-11)12-5-3-4-6-13(12)20-10/h3-9H,1-2H3. The molecule has 122 valence electrons. The Bertz CT molecular complexity index is 1230. The van der Waals surface area contributed by atoms with Crippen LogP contribution in [0.15, 0.2) is 42.2 Å².